The van der Waals surface area contributed by atoms with Crippen LogP contribution in [-0.2, 0) is 0 Å². The highest BCUT2D eigenvalue weighted by atomic mass is 15.3. The highest BCUT2D eigenvalue weighted by Gasteiger charge is 2.25. The largest absolute Gasteiger partial charge is 0.314 e. The van der Waals surface area contributed by atoms with Gasteiger partial charge in [-0.05, 0) is 97.1 Å². The number of rotatable bonds is 7. The van der Waals surface area contributed by atoms with Crippen molar-refractivity contribution in [2.75, 3.05) is 4.90 Å². The lowest BCUT2D eigenvalue weighted by Gasteiger charge is -2.26. The maximum absolute atomic E-state index is 4.78. The van der Waals surface area contributed by atoms with Crippen LogP contribution in [-0.4, -0.2) is 14.8 Å². The van der Waals surface area contributed by atoms with Gasteiger partial charge < -0.3 is 9.47 Å². The average molecular weight is 631 g/mol. The Hall–Kier alpha value is -6.72. The summed E-state index contributed by atoms with van der Waals surface area (Å²) in [5.41, 5.74) is 9.88. The number of fused-ring (bicyclic) bond motifs is 3. The summed E-state index contributed by atoms with van der Waals surface area (Å²) in [4.78, 5) is 2.30. The van der Waals surface area contributed by atoms with Crippen LogP contribution in [0.25, 0.3) is 56.0 Å². The minimum atomic E-state index is 0.854. The molecule has 5 nitrogen and oxygen atoms in total. The normalized spacial score (nSPS) is 11.3. The van der Waals surface area contributed by atoms with Gasteiger partial charge in [0.1, 0.15) is 5.69 Å². The Labute approximate surface area is 284 Å². The fraction of sp³-hybridized carbons (Fsp3) is 0. The van der Waals surface area contributed by atoms with E-state index >= 15 is 0 Å². The number of benzene rings is 7. The lowest BCUT2D eigenvalue weighted by Crippen LogP contribution is -2.34. The van der Waals surface area contributed by atoms with Gasteiger partial charge in [-0.2, -0.15) is 4.57 Å². The van der Waals surface area contributed by atoms with E-state index in [0.717, 1.165) is 51.2 Å². The molecule has 0 fully saturated rings. The van der Waals surface area contributed by atoms with E-state index in [9.17, 15) is 0 Å². The SMILES string of the molecule is c1ccc(-c2n[nH]c(-c3ccccc3)[n+]2-c2ccc(N(c3ccccc3)c3ccc(-n4c5ccccc5c5ccccc54)cc3)cc2)cc1. The lowest BCUT2D eigenvalue weighted by molar-refractivity contribution is -0.572. The molecule has 49 heavy (non-hydrogen) atoms. The molecule has 0 radical (unpaired) electrons. The van der Waals surface area contributed by atoms with Gasteiger partial charge in [0.05, 0.1) is 22.2 Å². The molecule has 9 aromatic rings. The summed E-state index contributed by atoms with van der Waals surface area (Å²) >= 11 is 0. The first-order chi connectivity index (χ1) is 24.3. The molecule has 2 aromatic heterocycles. The molecule has 0 saturated heterocycles. The van der Waals surface area contributed by atoms with E-state index in [1.807, 2.05) is 24.3 Å². The van der Waals surface area contributed by atoms with E-state index in [4.69, 9.17) is 5.10 Å². The van der Waals surface area contributed by atoms with Crippen molar-refractivity contribution in [1.82, 2.24) is 14.8 Å². The summed E-state index contributed by atoms with van der Waals surface area (Å²) in [6.07, 6.45) is 0. The molecule has 0 unspecified atom stereocenters. The molecule has 0 spiro atoms. The summed E-state index contributed by atoms with van der Waals surface area (Å²) < 4.78 is 4.55. The number of nitrogens with one attached hydrogen (secondary N) is 1. The van der Waals surface area contributed by atoms with Gasteiger partial charge in [-0.3, -0.25) is 0 Å². The first-order valence-corrected chi connectivity index (χ1v) is 16.5. The number of hydrogen-bond acceptors (Lipinski definition) is 2. The van der Waals surface area contributed by atoms with Crippen molar-refractivity contribution in [2.45, 2.75) is 0 Å². The van der Waals surface area contributed by atoms with Crippen molar-refractivity contribution in [1.29, 1.82) is 0 Å². The smallest absolute Gasteiger partial charge is 0.310 e. The Morgan fingerprint density at radius 2 is 0.918 bits per heavy atom. The van der Waals surface area contributed by atoms with Gasteiger partial charge >= 0.3 is 5.82 Å². The molecule has 9 rings (SSSR count). The molecule has 0 amide bonds. The summed E-state index contributed by atoms with van der Waals surface area (Å²) in [6.45, 7) is 0. The van der Waals surface area contributed by atoms with Crippen LogP contribution >= 0.6 is 0 Å². The molecule has 0 aliphatic carbocycles. The van der Waals surface area contributed by atoms with Crippen LogP contribution in [0.4, 0.5) is 17.1 Å². The molecule has 0 bridgehead atoms. The molecule has 2 heterocycles. The van der Waals surface area contributed by atoms with Gasteiger partial charge in [0, 0.05) is 38.6 Å². The summed E-state index contributed by atoms with van der Waals surface area (Å²) in [5, 5.41) is 10.6. The van der Waals surface area contributed by atoms with Crippen molar-refractivity contribution in [3.05, 3.63) is 188 Å². The second-order valence-corrected chi connectivity index (χ2v) is 12.0. The Bertz CT molecular complexity index is 2410. The molecule has 0 aliphatic heterocycles. The van der Waals surface area contributed by atoms with Gasteiger partial charge in [-0.15, -0.1) is 5.10 Å². The average Bonchev–Trinajstić information content (AvgIpc) is 3.77. The van der Waals surface area contributed by atoms with Crippen LogP contribution in [0.1, 0.15) is 0 Å². The quantitative estimate of drug-likeness (QED) is 0.178. The van der Waals surface area contributed by atoms with Crippen LogP contribution in [0.2, 0.25) is 0 Å². The van der Waals surface area contributed by atoms with Crippen LogP contribution < -0.4 is 9.47 Å². The van der Waals surface area contributed by atoms with Crippen molar-refractivity contribution in [3.8, 4) is 34.2 Å². The highest BCUT2D eigenvalue weighted by molar-refractivity contribution is 6.09. The number of anilines is 3. The van der Waals surface area contributed by atoms with Gasteiger partial charge in [0.15, 0.2) is 0 Å². The predicted molar refractivity (Wildman–Crippen MR) is 200 cm³/mol. The van der Waals surface area contributed by atoms with Crippen LogP contribution in [0.5, 0.6) is 0 Å². The van der Waals surface area contributed by atoms with Crippen molar-refractivity contribution in [2.24, 2.45) is 0 Å². The van der Waals surface area contributed by atoms with Crippen molar-refractivity contribution in [3.63, 3.8) is 0 Å². The molecule has 1 N–H and O–H groups in total. The highest BCUT2D eigenvalue weighted by Crippen LogP contribution is 2.37. The molecule has 7 aromatic carbocycles. The summed E-state index contributed by atoms with van der Waals surface area (Å²) in [7, 11) is 0. The first kappa shape index (κ1) is 28.5. The van der Waals surface area contributed by atoms with E-state index in [1.54, 1.807) is 0 Å². The standard InChI is InChI=1S/C44H31N5/c1-4-14-32(15-5-1)43-45-46-44(33-16-6-2-7-17-33)49(43)38-30-26-36(27-31-38)47(34-18-8-3-9-19-34)35-24-28-37(29-25-35)48-41-22-12-10-20-39(41)40-21-11-13-23-42(40)48/h1-31H/p+1. The second-order valence-electron chi connectivity index (χ2n) is 12.0. The number of nitrogens with zero attached hydrogens (tertiary/aromatic N) is 4. The monoisotopic (exact) mass is 630 g/mol. The fourth-order valence-electron chi connectivity index (χ4n) is 6.86. The van der Waals surface area contributed by atoms with E-state index in [-0.39, 0.29) is 0 Å². The Morgan fingerprint density at radius 1 is 0.449 bits per heavy atom. The third kappa shape index (κ3) is 5.05. The molecule has 0 aliphatic rings. The van der Waals surface area contributed by atoms with E-state index < -0.39 is 0 Å². The van der Waals surface area contributed by atoms with Crippen LogP contribution in [0.15, 0.2) is 188 Å². The molecule has 0 atom stereocenters. The van der Waals surface area contributed by atoms with E-state index in [1.165, 1.54) is 21.8 Å². The van der Waals surface area contributed by atoms with Crippen molar-refractivity contribution < 1.29 is 4.57 Å². The number of aromatic nitrogens is 4. The molecule has 5 heteroatoms. The second kappa shape index (κ2) is 12.1. The Kier molecular flexibility index (Phi) is 7.06. The van der Waals surface area contributed by atoms with E-state index in [2.05, 4.69) is 183 Å². The van der Waals surface area contributed by atoms with Gasteiger partial charge in [-0.1, -0.05) is 91.0 Å². The molecular formula is C44H32N5+. The van der Waals surface area contributed by atoms with Crippen molar-refractivity contribution >= 4 is 38.9 Å². The summed E-state index contributed by atoms with van der Waals surface area (Å²) in [5.74, 6) is 1.78. The number of aromatic amines is 1. The van der Waals surface area contributed by atoms with Crippen LogP contribution in [0, 0.1) is 0 Å². The zero-order valence-electron chi connectivity index (χ0n) is 26.7. The molecule has 232 valence electrons. The third-order valence-corrected chi connectivity index (χ3v) is 9.11. The maximum atomic E-state index is 4.78. The Balaban J connectivity index is 1.13. The minimum absolute atomic E-state index is 0.854. The zero-order valence-corrected chi connectivity index (χ0v) is 26.7. The van der Waals surface area contributed by atoms with Gasteiger partial charge in [0.25, 0.3) is 5.82 Å². The number of para-hydroxylation sites is 3. The molecular weight excluding hydrogens is 599 g/mol. The third-order valence-electron chi connectivity index (χ3n) is 9.11. The fourth-order valence-corrected chi connectivity index (χ4v) is 6.86. The minimum Gasteiger partial charge on any atom is -0.310 e. The van der Waals surface area contributed by atoms with Gasteiger partial charge in [-0.25, -0.2) is 0 Å². The predicted octanol–water partition coefficient (Wildman–Crippen LogP) is 10.6. The van der Waals surface area contributed by atoms with E-state index in [0.29, 0.717) is 0 Å². The number of H-pyrrole nitrogens is 1. The summed E-state index contributed by atoms with van der Waals surface area (Å²) in [6, 6.07) is 66.0. The van der Waals surface area contributed by atoms with Crippen LogP contribution in [0.3, 0.4) is 0 Å². The topological polar surface area (TPSA) is 40.7 Å². The lowest BCUT2D eigenvalue weighted by atomic mass is 10.1. The van der Waals surface area contributed by atoms with Gasteiger partial charge in [0.2, 0.25) is 0 Å². The zero-order chi connectivity index (χ0) is 32.6. The number of hydrogen-bond donors (Lipinski definition) is 1. The molecule has 0 saturated carbocycles. The maximum Gasteiger partial charge on any atom is 0.314 e. The Morgan fingerprint density at radius 3 is 1.51 bits per heavy atom. The first-order valence-electron chi connectivity index (χ1n) is 16.5.